The van der Waals surface area contributed by atoms with Gasteiger partial charge in [-0.05, 0) is 48.9 Å². The summed E-state index contributed by atoms with van der Waals surface area (Å²) in [5, 5.41) is 12.3. The number of hydrogen-bond acceptors (Lipinski definition) is 4. The van der Waals surface area contributed by atoms with Crippen molar-refractivity contribution in [2.75, 3.05) is 26.7 Å². The van der Waals surface area contributed by atoms with E-state index in [0.29, 0.717) is 42.0 Å². The van der Waals surface area contributed by atoms with Gasteiger partial charge in [-0.15, -0.1) is 0 Å². The number of halogens is 2. The number of aliphatic hydroxyl groups is 1. The van der Waals surface area contributed by atoms with Crippen molar-refractivity contribution < 1.29 is 14.6 Å². The second-order valence-electron chi connectivity index (χ2n) is 11.2. The fourth-order valence-electron chi connectivity index (χ4n) is 5.85. The highest BCUT2D eigenvalue weighted by atomic mass is 35.5. The molecule has 0 aliphatic carbocycles. The zero-order chi connectivity index (χ0) is 29.3. The number of benzene rings is 3. The zero-order valence-corrected chi connectivity index (χ0v) is 25.5. The van der Waals surface area contributed by atoms with E-state index >= 15 is 0 Å². The Morgan fingerprint density at radius 3 is 2.56 bits per heavy atom. The summed E-state index contributed by atoms with van der Waals surface area (Å²) in [6.45, 7) is 6.07. The molecule has 1 aliphatic heterocycles. The summed E-state index contributed by atoms with van der Waals surface area (Å²) >= 11 is 12.4. The highest BCUT2D eigenvalue weighted by molar-refractivity contribution is 6.42. The number of para-hydroxylation sites is 1. The van der Waals surface area contributed by atoms with Crippen LogP contribution in [0.25, 0.3) is 22.0 Å². The first kappa shape index (κ1) is 29.6. The van der Waals surface area contributed by atoms with Gasteiger partial charge in [0.2, 0.25) is 0 Å². The van der Waals surface area contributed by atoms with Crippen molar-refractivity contribution in [2.45, 2.75) is 39.1 Å². The molecule has 216 valence electrons. The molecule has 1 aromatic heterocycles. The van der Waals surface area contributed by atoms with Crippen LogP contribution in [0, 0.1) is 5.92 Å². The summed E-state index contributed by atoms with van der Waals surface area (Å²) < 4.78 is 8.69. The summed E-state index contributed by atoms with van der Waals surface area (Å²) in [5.41, 5.74) is 5.61. The van der Waals surface area contributed by atoms with E-state index in [1.165, 1.54) is 0 Å². The van der Waals surface area contributed by atoms with Crippen molar-refractivity contribution in [1.29, 1.82) is 0 Å². The summed E-state index contributed by atoms with van der Waals surface area (Å²) in [5.74, 6) is -0.0979. The average molecular weight is 595 g/mol. The molecule has 5 rings (SSSR count). The molecule has 1 amide bonds. The summed E-state index contributed by atoms with van der Waals surface area (Å²) in [6, 6.07) is 21.6. The van der Waals surface area contributed by atoms with Gasteiger partial charge in [-0.2, -0.15) is 0 Å². The van der Waals surface area contributed by atoms with Gasteiger partial charge in [0.15, 0.2) is 0 Å². The summed E-state index contributed by atoms with van der Waals surface area (Å²) in [4.78, 5) is 18.5. The molecule has 1 aliphatic rings. The molecule has 0 fully saturated rings. The Bertz CT molecular complexity index is 1550. The maximum Gasteiger partial charge on any atom is 0.271 e. The fourth-order valence-corrected chi connectivity index (χ4v) is 6.17. The first-order chi connectivity index (χ1) is 19.7. The number of rotatable bonds is 6. The second-order valence-corrected chi connectivity index (χ2v) is 12.0. The number of aryl methyl sites for hydroxylation is 1. The van der Waals surface area contributed by atoms with E-state index in [2.05, 4.69) is 37.1 Å². The number of carbonyl (C=O) groups is 1. The minimum atomic E-state index is -0.360. The van der Waals surface area contributed by atoms with E-state index in [9.17, 15) is 9.90 Å². The first-order valence-corrected chi connectivity index (χ1v) is 14.8. The number of fused-ring (bicyclic) bond motifs is 5. The zero-order valence-electron chi connectivity index (χ0n) is 24.0. The number of ether oxygens (including phenoxy) is 1. The molecule has 0 saturated heterocycles. The van der Waals surface area contributed by atoms with Gasteiger partial charge in [-0.3, -0.25) is 9.69 Å². The van der Waals surface area contributed by atoms with E-state index in [4.69, 9.17) is 27.9 Å². The number of amides is 1. The molecule has 1 N–H and O–H groups in total. The molecule has 2 heterocycles. The van der Waals surface area contributed by atoms with Crippen LogP contribution >= 0.6 is 23.2 Å². The molecule has 0 unspecified atom stereocenters. The highest BCUT2D eigenvalue weighted by Gasteiger charge is 2.33. The van der Waals surface area contributed by atoms with E-state index in [1.54, 1.807) is 0 Å². The van der Waals surface area contributed by atoms with Crippen molar-refractivity contribution in [1.82, 2.24) is 14.4 Å². The minimum absolute atomic E-state index is 0.00685. The van der Waals surface area contributed by atoms with Gasteiger partial charge in [0.25, 0.3) is 5.91 Å². The fraction of sp³-hybridized carbons (Fsp3) is 0.364. The Balaban J connectivity index is 1.55. The average Bonchev–Trinajstić information content (AvgIpc) is 3.26. The van der Waals surface area contributed by atoms with Crippen LogP contribution in [0.15, 0.2) is 66.7 Å². The maximum absolute atomic E-state index is 14.5. The summed E-state index contributed by atoms with van der Waals surface area (Å²) in [7, 11) is 4.00. The number of aliphatic hydroxyl groups excluding tert-OH is 1. The van der Waals surface area contributed by atoms with Crippen LogP contribution in [0.4, 0.5) is 0 Å². The quantitative estimate of drug-likeness (QED) is 0.272. The maximum atomic E-state index is 14.5. The third-order valence-electron chi connectivity index (χ3n) is 8.15. The lowest BCUT2D eigenvalue weighted by atomic mass is 9.96. The van der Waals surface area contributed by atoms with Gasteiger partial charge in [0.1, 0.15) is 5.69 Å². The lowest BCUT2D eigenvalue weighted by Crippen LogP contribution is -2.47. The van der Waals surface area contributed by atoms with E-state index in [0.717, 1.165) is 33.2 Å². The number of carbonyl (C=O) groups excluding carboxylic acids is 1. The molecule has 8 heteroatoms. The molecule has 0 radical (unpaired) electrons. The van der Waals surface area contributed by atoms with Crippen LogP contribution in [0.5, 0.6) is 0 Å². The first-order valence-electron chi connectivity index (χ1n) is 14.0. The number of nitrogens with zero attached hydrogens (tertiary/aromatic N) is 3. The lowest BCUT2D eigenvalue weighted by molar-refractivity contribution is -0.0242. The molecule has 0 saturated carbocycles. The van der Waals surface area contributed by atoms with Crippen LogP contribution in [0.1, 0.15) is 35.5 Å². The molecule has 4 aromatic rings. The van der Waals surface area contributed by atoms with Gasteiger partial charge in [-0.1, -0.05) is 78.7 Å². The van der Waals surface area contributed by atoms with Gasteiger partial charge in [-0.25, -0.2) is 0 Å². The third kappa shape index (κ3) is 6.04. The number of likely N-dealkylation sites (N-methyl/N-ethyl adjacent to an activating group) is 1. The van der Waals surface area contributed by atoms with Crippen LogP contribution < -0.4 is 0 Å². The molecule has 41 heavy (non-hydrogen) atoms. The molecule has 3 atom stereocenters. The topological polar surface area (TPSA) is 57.9 Å². The predicted molar refractivity (Wildman–Crippen MR) is 166 cm³/mol. The molecule has 3 aromatic carbocycles. The lowest BCUT2D eigenvalue weighted by Gasteiger charge is -2.35. The summed E-state index contributed by atoms with van der Waals surface area (Å²) in [6.07, 6.45) is -0.171. The van der Waals surface area contributed by atoms with E-state index < -0.39 is 0 Å². The Morgan fingerprint density at radius 2 is 1.80 bits per heavy atom. The van der Waals surface area contributed by atoms with Crippen molar-refractivity contribution in [3.8, 4) is 11.1 Å². The largest absolute Gasteiger partial charge is 0.394 e. The van der Waals surface area contributed by atoms with Crippen LogP contribution in [0.3, 0.4) is 0 Å². The number of hydrogen-bond donors (Lipinski definition) is 1. The molecule has 0 spiro atoms. The SMILES string of the molecule is C[C@@H]1CN([C@@H](C)CO)C(=O)c2c(c3ccccc3n2C)-c2ccccc2CO[C@@H]1CN(C)Cc1ccc(Cl)c(Cl)c1. The molecular weight excluding hydrogens is 557 g/mol. The molecule has 6 nitrogen and oxygen atoms in total. The number of aromatic nitrogens is 1. The Morgan fingerprint density at radius 1 is 1.07 bits per heavy atom. The monoisotopic (exact) mass is 593 g/mol. The van der Waals surface area contributed by atoms with Crippen molar-refractivity contribution >= 4 is 40.0 Å². The van der Waals surface area contributed by atoms with Crippen LogP contribution in [-0.2, 0) is 24.9 Å². The Hall–Kier alpha value is -2.87. The van der Waals surface area contributed by atoms with E-state index in [1.807, 2.05) is 72.0 Å². The third-order valence-corrected chi connectivity index (χ3v) is 8.89. The second kappa shape index (κ2) is 12.6. The van der Waals surface area contributed by atoms with E-state index in [-0.39, 0.29) is 30.6 Å². The Labute approximate surface area is 252 Å². The predicted octanol–water partition coefficient (Wildman–Crippen LogP) is 6.64. The van der Waals surface area contributed by atoms with Crippen molar-refractivity contribution in [3.05, 3.63) is 93.6 Å². The Kier molecular flexibility index (Phi) is 9.07. The smallest absolute Gasteiger partial charge is 0.271 e. The molecule has 0 bridgehead atoms. The van der Waals surface area contributed by atoms with Crippen molar-refractivity contribution in [3.63, 3.8) is 0 Å². The standard InChI is InChI=1S/C33H37Cl2N3O3/c1-21-16-38(22(2)19-39)33(40)32-31(26-11-7-8-12-29(26)37(32)4)25-10-6-5-9-24(25)20-41-30(21)18-36(3)17-23-13-14-27(34)28(35)15-23/h5-15,21-22,30,39H,16-20H2,1-4H3/t21-,22+,30-/m1/s1. The van der Waals surface area contributed by atoms with Gasteiger partial charge in [0, 0.05) is 49.1 Å². The van der Waals surface area contributed by atoms with Gasteiger partial charge < -0.3 is 19.3 Å². The normalized spacial score (nSPS) is 18.7. The van der Waals surface area contributed by atoms with Crippen LogP contribution in [-0.4, -0.2) is 64.3 Å². The van der Waals surface area contributed by atoms with Crippen LogP contribution in [0.2, 0.25) is 10.0 Å². The van der Waals surface area contributed by atoms with Gasteiger partial charge in [0.05, 0.1) is 35.4 Å². The van der Waals surface area contributed by atoms with Crippen molar-refractivity contribution in [2.24, 2.45) is 13.0 Å². The van der Waals surface area contributed by atoms with Gasteiger partial charge >= 0.3 is 0 Å². The minimum Gasteiger partial charge on any atom is -0.394 e. The molecular formula is C33H37Cl2N3O3. The highest BCUT2D eigenvalue weighted by Crippen LogP contribution is 2.38.